The SMILES string of the molecule is COc1ccc(CC[NH+](C)[C@@H](C)C(=O)N2c3ccccc3NC(=O)C2(C)C)cc1OC. The maximum Gasteiger partial charge on any atom is 0.285 e. The van der Waals surface area contributed by atoms with Gasteiger partial charge in [0.25, 0.3) is 5.91 Å². The van der Waals surface area contributed by atoms with Gasteiger partial charge in [-0.05, 0) is 50.6 Å². The smallest absolute Gasteiger partial charge is 0.285 e. The number of carbonyl (C=O) groups excluding carboxylic acids is 2. The molecule has 1 aliphatic rings. The summed E-state index contributed by atoms with van der Waals surface area (Å²) < 4.78 is 10.7. The molecule has 0 fully saturated rings. The van der Waals surface area contributed by atoms with Gasteiger partial charge in [-0.2, -0.15) is 0 Å². The number of methoxy groups -OCH3 is 2. The van der Waals surface area contributed by atoms with Crippen LogP contribution in [0.5, 0.6) is 11.5 Å². The molecule has 1 unspecified atom stereocenters. The highest BCUT2D eigenvalue weighted by molar-refractivity contribution is 6.14. The van der Waals surface area contributed by atoms with Crippen molar-refractivity contribution in [3.8, 4) is 11.5 Å². The molecule has 7 heteroatoms. The Morgan fingerprint density at radius 2 is 1.81 bits per heavy atom. The van der Waals surface area contributed by atoms with Gasteiger partial charge >= 0.3 is 0 Å². The summed E-state index contributed by atoms with van der Waals surface area (Å²) in [6.45, 7) is 6.23. The number of para-hydroxylation sites is 2. The number of carbonyl (C=O) groups is 2. The predicted octanol–water partition coefficient (Wildman–Crippen LogP) is 1.91. The lowest BCUT2D eigenvalue weighted by Crippen LogP contribution is -3.14. The normalized spacial score (nSPS) is 16.7. The molecule has 1 aliphatic heterocycles. The van der Waals surface area contributed by atoms with E-state index in [-0.39, 0.29) is 17.9 Å². The van der Waals surface area contributed by atoms with Gasteiger partial charge in [-0.1, -0.05) is 18.2 Å². The maximum atomic E-state index is 13.5. The zero-order valence-corrected chi connectivity index (χ0v) is 19.1. The number of nitrogens with one attached hydrogen (secondary N) is 2. The Bertz CT molecular complexity index is 973. The first-order valence-corrected chi connectivity index (χ1v) is 10.5. The average Bonchev–Trinajstić information content (AvgIpc) is 2.76. The third-order valence-corrected chi connectivity index (χ3v) is 6.09. The van der Waals surface area contributed by atoms with Gasteiger partial charge in [0, 0.05) is 6.42 Å². The van der Waals surface area contributed by atoms with E-state index in [9.17, 15) is 9.59 Å². The lowest BCUT2D eigenvalue weighted by atomic mass is 9.95. The molecule has 0 aliphatic carbocycles. The highest BCUT2D eigenvalue weighted by atomic mass is 16.5. The van der Waals surface area contributed by atoms with Crippen molar-refractivity contribution in [3.05, 3.63) is 48.0 Å². The molecule has 0 saturated heterocycles. The number of anilines is 2. The monoisotopic (exact) mass is 426 g/mol. The Morgan fingerprint density at radius 3 is 2.48 bits per heavy atom. The zero-order valence-electron chi connectivity index (χ0n) is 19.1. The number of nitrogens with zero attached hydrogens (tertiary/aromatic N) is 1. The molecular weight excluding hydrogens is 394 g/mol. The first-order valence-electron chi connectivity index (χ1n) is 10.5. The summed E-state index contributed by atoms with van der Waals surface area (Å²) in [6.07, 6.45) is 0.782. The second-order valence-electron chi connectivity index (χ2n) is 8.46. The van der Waals surface area contributed by atoms with Crippen LogP contribution in [0.3, 0.4) is 0 Å². The second kappa shape index (κ2) is 8.98. The van der Waals surface area contributed by atoms with Crippen LogP contribution in [0.15, 0.2) is 42.5 Å². The molecule has 2 aromatic carbocycles. The van der Waals surface area contributed by atoms with Gasteiger partial charge in [-0.15, -0.1) is 0 Å². The molecule has 31 heavy (non-hydrogen) atoms. The number of likely N-dealkylation sites (N-methyl/N-ethyl adjacent to an activating group) is 1. The minimum absolute atomic E-state index is 0.0721. The molecular formula is C24H32N3O4+. The first kappa shape index (κ1) is 22.6. The molecule has 3 rings (SSSR count). The van der Waals surface area contributed by atoms with Crippen LogP contribution >= 0.6 is 0 Å². The summed E-state index contributed by atoms with van der Waals surface area (Å²) in [4.78, 5) is 28.9. The van der Waals surface area contributed by atoms with Crippen molar-refractivity contribution < 1.29 is 24.0 Å². The Labute approximate surface area is 183 Å². The molecule has 2 aromatic rings. The predicted molar refractivity (Wildman–Crippen MR) is 121 cm³/mol. The number of amides is 2. The van der Waals surface area contributed by atoms with Gasteiger partial charge in [0.2, 0.25) is 5.91 Å². The third kappa shape index (κ3) is 4.37. The zero-order chi connectivity index (χ0) is 22.8. The van der Waals surface area contributed by atoms with E-state index in [2.05, 4.69) is 5.32 Å². The lowest BCUT2D eigenvalue weighted by molar-refractivity contribution is -0.893. The molecule has 0 saturated carbocycles. The van der Waals surface area contributed by atoms with E-state index in [1.165, 1.54) is 0 Å². The molecule has 0 aromatic heterocycles. The van der Waals surface area contributed by atoms with E-state index >= 15 is 0 Å². The second-order valence-corrected chi connectivity index (χ2v) is 8.46. The molecule has 2 amide bonds. The lowest BCUT2D eigenvalue weighted by Gasteiger charge is -2.43. The van der Waals surface area contributed by atoms with E-state index in [1.807, 2.05) is 56.4 Å². The summed E-state index contributed by atoms with van der Waals surface area (Å²) >= 11 is 0. The number of benzene rings is 2. The van der Waals surface area contributed by atoms with Crippen molar-refractivity contribution in [2.45, 2.75) is 38.8 Å². The van der Waals surface area contributed by atoms with Crippen molar-refractivity contribution in [3.63, 3.8) is 0 Å². The van der Waals surface area contributed by atoms with Crippen LogP contribution in [0, 0.1) is 0 Å². The van der Waals surface area contributed by atoms with Gasteiger partial charge < -0.3 is 19.7 Å². The summed E-state index contributed by atoms with van der Waals surface area (Å²) in [7, 11) is 5.24. The van der Waals surface area contributed by atoms with E-state index in [0.717, 1.165) is 29.1 Å². The van der Waals surface area contributed by atoms with Crippen LogP contribution in [0.2, 0.25) is 0 Å². The van der Waals surface area contributed by atoms with Gasteiger partial charge in [-0.25, -0.2) is 0 Å². The van der Waals surface area contributed by atoms with E-state index in [4.69, 9.17) is 9.47 Å². The van der Waals surface area contributed by atoms with Crippen molar-refractivity contribution in [2.24, 2.45) is 0 Å². The van der Waals surface area contributed by atoms with Gasteiger partial charge in [0.1, 0.15) is 5.54 Å². The molecule has 7 nitrogen and oxygen atoms in total. The fraction of sp³-hybridized carbons (Fsp3) is 0.417. The molecule has 2 N–H and O–H groups in total. The summed E-state index contributed by atoms with van der Waals surface area (Å²) in [5.74, 6) is 1.13. The minimum atomic E-state index is -0.969. The van der Waals surface area contributed by atoms with Crippen LogP contribution in [-0.2, 0) is 16.0 Å². The number of hydrogen-bond acceptors (Lipinski definition) is 4. The molecule has 0 bridgehead atoms. The molecule has 2 atom stereocenters. The highest BCUT2D eigenvalue weighted by Crippen LogP contribution is 2.36. The first-order chi connectivity index (χ1) is 14.7. The van der Waals surface area contributed by atoms with Crippen LogP contribution in [-0.4, -0.2) is 51.2 Å². The van der Waals surface area contributed by atoms with Crippen molar-refractivity contribution in [2.75, 3.05) is 38.0 Å². The van der Waals surface area contributed by atoms with Gasteiger partial charge in [-0.3, -0.25) is 14.5 Å². The van der Waals surface area contributed by atoms with Crippen molar-refractivity contribution in [1.82, 2.24) is 0 Å². The number of fused-ring (bicyclic) bond motifs is 1. The Hall–Kier alpha value is -3.06. The molecule has 166 valence electrons. The molecule has 1 heterocycles. The van der Waals surface area contributed by atoms with E-state index in [0.29, 0.717) is 17.2 Å². The molecule has 0 spiro atoms. The Balaban J connectivity index is 1.75. The van der Waals surface area contributed by atoms with E-state index in [1.54, 1.807) is 33.0 Å². The standard InChI is InChI=1S/C24H31N3O4/c1-16(26(4)14-13-17-11-12-20(30-5)21(15-17)31-6)22(28)27-19-10-8-7-9-18(19)25-23(29)24(27,2)3/h7-12,15-16H,13-14H2,1-6H3,(H,25,29)/p+1/t16-/m0/s1. The highest BCUT2D eigenvalue weighted by Gasteiger charge is 2.46. The Kier molecular flexibility index (Phi) is 6.55. The third-order valence-electron chi connectivity index (χ3n) is 6.09. The molecule has 0 radical (unpaired) electrons. The fourth-order valence-corrected chi connectivity index (χ4v) is 3.85. The number of ether oxygens (including phenoxy) is 2. The minimum Gasteiger partial charge on any atom is -0.493 e. The quantitative estimate of drug-likeness (QED) is 0.710. The van der Waals surface area contributed by atoms with Crippen molar-refractivity contribution >= 4 is 23.2 Å². The average molecular weight is 427 g/mol. The summed E-state index contributed by atoms with van der Waals surface area (Å²) in [5.41, 5.74) is 1.54. The largest absolute Gasteiger partial charge is 0.493 e. The number of quaternary nitrogens is 1. The van der Waals surface area contributed by atoms with E-state index < -0.39 is 5.54 Å². The maximum absolute atomic E-state index is 13.5. The Morgan fingerprint density at radius 1 is 1.13 bits per heavy atom. The van der Waals surface area contributed by atoms with Crippen LogP contribution < -0.4 is 24.6 Å². The summed E-state index contributed by atoms with van der Waals surface area (Å²) in [5, 5.41) is 2.91. The van der Waals surface area contributed by atoms with Gasteiger partial charge in [0.15, 0.2) is 17.5 Å². The van der Waals surface area contributed by atoms with Crippen LogP contribution in [0.1, 0.15) is 26.3 Å². The fourth-order valence-electron chi connectivity index (χ4n) is 3.85. The van der Waals surface area contributed by atoms with Crippen LogP contribution in [0.4, 0.5) is 11.4 Å². The van der Waals surface area contributed by atoms with Crippen molar-refractivity contribution in [1.29, 1.82) is 0 Å². The number of hydrogen-bond donors (Lipinski definition) is 2. The van der Waals surface area contributed by atoms with Crippen LogP contribution in [0.25, 0.3) is 0 Å². The van der Waals surface area contributed by atoms with Gasteiger partial charge in [0.05, 0.1) is 39.2 Å². The topological polar surface area (TPSA) is 72.3 Å². The summed E-state index contributed by atoms with van der Waals surface area (Å²) in [6, 6.07) is 13.0. The number of rotatable bonds is 7.